The van der Waals surface area contributed by atoms with Crippen molar-refractivity contribution in [1.82, 2.24) is 4.90 Å². The summed E-state index contributed by atoms with van der Waals surface area (Å²) in [7, 11) is 0. The summed E-state index contributed by atoms with van der Waals surface area (Å²) < 4.78 is 5.94. The highest BCUT2D eigenvalue weighted by Crippen LogP contribution is 2.22. The van der Waals surface area contributed by atoms with Gasteiger partial charge >= 0.3 is 0 Å². The maximum absolute atomic E-state index is 5.94. The maximum atomic E-state index is 5.94. The first-order chi connectivity index (χ1) is 9.77. The van der Waals surface area contributed by atoms with E-state index in [0.717, 1.165) is 12.4 Å². The van der Waals surface area contributed by atoms with Gasteiger partial charge in [-0.15, -0.1) is 0 Å². The fourth-order valence-corrected chi connectivity index (χ4v) is 3.00. The number of rotatable bonds is 8. The Hall–Kier alpha value is -1.02. The molecular weight excluding hydrogens is 246 g/mol. The molecule has 0 bridgehead atoms. The molecule has 1 aromatic rings. The number of likely N-dealkylation sites (tertiary alicyclic amines) is 1. The first-order valence-corrected chi connectivity index (χ1v) is 8.19. The third-order valence-corrected chi connectivity index (χ3v) is 4.22. The Morgan fingerprint density at radius 1 is 0.950 bits per heavy atom. The highest BCUT2D eigenvalue weighted by molar-refractivity contribution is 5.39. The van der Waals surface area contributed by atoms with Gasteiger partial charge in [0, 0.05) is 0 Å². The molecule has 1 aliphatic heterocycles. The number of para-hydroxylation sites is 1. The molecule has 0 amide bonds. The van der Waals surface area contributed by atoms with Gasteiger partial charge in [-0.2, -0.15) is 0 Å². The van der Waals surface area contributed by atoms with E-state index in [0.29, 0.717) is 0 Å². The van der Waals surface area contributed by atoms with Gasteiger partial charge in [0.05, 0.1) is 6.61 Å². The maximum Gasteiger partial charge on any atom is 0.125 e. The van der Waals surface area contributed by atoms with E-state index in [9.17, 15) is 0 Å². The van der Waals surface area contributed by atoms with Gasteiger partial charge in [-0.3, -0.25) is 0 Å². The Morgan fingerprint density at radius 3 is 2.30 bits per heavy atom. The van der Waals surface area contributed by atoms with Crippen LogP contribution in [0.3, 0.4) is 0 Å². The van der Waals surface area contributed by atoms with Gasteiger partial charge < -0.3 is 9.64 Å². The summed E-state index contributed by atoms with van der Waals surface area (Å²) in [6.07, 6.45) is 7.97. The molecule has 1 saturated heterocycles. The number of hydrogen-bond acceptors (Lipinski definition) is 2. The molecule has 0 aliphatic carbocycles. The molecule has 1 aromatic carbocycles. The summed E-state index contributed by atoms with van der Waals surface area (Å²) in [5.74, 6) is 1.09. The van der Waals surface area contributed by atoms with Crippen molar-refractivity contribution in [1.29, 1.82) is 0 Å². The summed E-state index contributed by atoms with van der Waals surface area (Å²) in [4.78, 5) is 2.60. The third-order valence-electron chi connectivity index (χ3n) is 4.22. The van der Waals surface area contributed by atoms with E-state index in [1.807, 2.05) is 0 Å². The monoisotopic (exact) mass is 275 g/mol. The third kappa shape index (κ3) is 4.82. The number of benzene rings is 1. The zero-order chi connectivity index (χ0) is 14.2. The van der Waals surface area contributed by atoms with E-state index in [2.05, 4.69) is 36.9 Å². The number of aryl methyl sites for hydroxylation is 2. The largest absolute Gasteiger partial charge is 0.493 e. The number of ether oxygens (including phenoxy) is 1. The minimum Gasteiger partial charge on any atom is -0.493 e. The van der Waals surface area contributed by atoms with Crippen molar-refractivity contribution in [3.8, 4) is 5.75 Å². The van der Waals surface area contributed by atoms with Crippen LogP contribution in [-0.4, -0.2) is 31.1 Å². The normalized spacial score (nSPS) is 15.7. The summed E-state index contributed by atoms with van der Waals surface area (Å²) in [5.41, 5.74) is 2.50. The molecule has 1 fully saturated rings. The number of unbranched alkanes of at least 4 members (excludes halogenated alkanes) is 3. The minimum atomic E-state index is 0.857. The molecule has 0 unspecified atom stereocenters. The average Bonchev–Trinajstić information content (AvgIpc) is 2.93. The lowest BCUT2D eigenvalue weighted by Gasteiger charge is -2.14. The first kappa shape index (κ1) is 15.4. The fourth-order valence-electron chi connectivity index (χ4n) is 3.00. The van der Waals surface area contributed by atoms with E-state index in [-0.39, 0.29) is 0 Å². The second kappa shape index (κ2) is 8.31. The molecule has 1 heterocycles. The zero-order valence-corrected chi connectivity index (χ0v) is 13.2. The van der Waals surface area contributed by atoms with Crippen LogP contribution in [0.15, 0.2) is 18.2 Å². The van der Waals surface area contributed by atoms with Gasteiger partial charge in [-0.05, 0) is 70.3 Å². The molecule has 0 atom stereocenters. The molecule has 2 nitrogen and oxygen atoms in total. The van der Waals surface area contributed by atoms with E-state index in [1.54, 1.807) is 0 Å². The fraction of sp³-hybridized carbons (Fsp3) is 0.667. The van der Waals surface area contributed by atoms with Crippen LogP contribution in [0.2, 0.25) is 0 Å². The molecular formula is C18H29NO. The molecule has 20 heavy (non-hydrogen) atoms. The molecule has 0 N–H and O–H groups in total. The van der Waals surface area contributed by atoms with E-state index in [4.69, 9.17) is 4.74 Å². The van der Waals surface area contributed by atoms with Crippen molar-refractivity contribution >= 4 is 0 Å². The second-order valence-electron chi connectivity index (χ2n) is 6.03. The minimum absolute atomic E-state index is 0.857. The lowest BCUT2D eigenvalue weighted by molar-refractivity contribution is 0.294. The van der Waals surface area contributed by atoms with Crippen LogP contribution in [0, 0.1) is 13.8 Å². The van der Waals surface area contributed by atoms with Gasteiger partial charge in [0.25, 0.3) is 0 Å². The van der Waals surface area contributed by atoms with Crippen molar-refractivity contribution in [3.63, 3.8) is 0 Å². The number of hydrogen-bond donors (Lipinski definition) is 0. The van der Waals surface area contributed by atoms with Crippen molar-refractivity contribution in [2.24, 2.45) is 0 Å². The van der Waals surface area contributed by atoms with Crippen LogP contribution < -0.4 is 4.74 Å². The lowest BCUT2D eigenvalue weighted by Crippen LogP contribution is -2.20. The molecule has 112 valence electrons. The van der Waals surface area contributed by atoms with Gasteiger partial charge in [-0.1, -0.05) is 31.0 Å². The summed E-state index contributed by atoms with van der Waals surface area (Å²) in [6, 6.07) is 6.34. The van der Waals surface area contributed by atoms with Crippen molar-refractivity contribution in [2.45, 2.75) is 52.4 Å². The highest BCUT2D eigenvalue weighted by atomic mass is 16.5. The van der Waals surface area contributed by atoms with Crippen LogP contribution in [0.5, 0.6) is 5.75 Å². The summed E-state index contributed by atoms with van der Waals surface area (Å²) in [6.45, 7) is 9.06. The predicted octanol–water partition coefficient (Wildman–Crippen LogP) is 4.34. The van der Waals surface area contributed by atoms with Crippen molar-refractivity contribution < 1.29 is 4.74 Å². The van der Waals surface area contributed by atoms with Crippen molar-refractivity contribution in [2.75, 3.05) is 26.2 Å². The first-order valence-electron chi connectivity index (χ1n) is 8.19. The highest BCUT2D eigenvalue weighted by Gasteiger charge is 2.09. The summed E-state index contributed by atoms with van der Waals surface area (Å²) in [5, 5.41) is 0. The standard InChI is InChI=1S/C18H29NO/c1-16-10-9-11-17(2)18(16)20-15-8-4-3-5-12-19-13-6-7-14-19/h9-11H,3-8,12-15H2,1-2H3. The molecule has 2 rings (SSSR count). The van der Waals surface area contributed by atoms with E-state index < -0.39 is 0 Å². The topological polar surface area (TPSA) is 12.5 Å². The van der Waals surface area contributed by atoms with Gasteiger partial charge in [-0.25, -0.2) is 0 Å². The Morgan fingerprint density at radius 2 is 1.60 bits per heavy atom. The van der Waals surface area contributed by atoms with Crippen LogP contribution in [0.25, 0.3) is 0 Å². The Bertz CT molecular complexity index is 376. The van der Waals surface area contributed by atoms with Crippen LogP contribution in [0.4, 0.5) is 0 Å². The van der Waals surface area contributed by atoms with Crippen LogP contribution >= 0.6 is 0 Å². The smallest absolute Gasteiger partial charge is 0.125 e. The predicted molar refractivity (Wildman–Crippen MR) is 85.6 cm³/mol. The average molecular weight is 275 g/mol. The quantitative estimate of drug-likeness (QED) is 0.654. The van der Waals surface area contributed by atoms with E-state index in [1.165, 1.54) is 69.3 Å². The Kier molecular flexibility index (Phi) is 6.38. The SMILES string of the molecule is Cc1cccc(C)c1OCCCCCCN1CCCC1. The zero-order valence-electron chi connectivity index (χ0n) is 13.2. The van der Waals surface area contributed by atoms with Crippen LogP contribution in [0.1, 0.15) is 49.7 Å². The number of nitrogens with zero attached hydrogens (tertiary/aromatic N) is 1. The molecule has 0 radical (unpaired) electrons. The second-order valence-corrected chi connectivity index (χ2v) is 6.03. The Labute approximate surface area is 124 Å². The Balaban J connectivity index is 1.53. The van der Waals surface area contributed by atoms with Gasteiger partial charge in [0.15, 0.2) is 0 Å². The van der Waals surface area contributed by atoms with Crippen LogP contribution in [-0.2, 0) is 0 Å². The molecule has 2 heteroatoms. The molecule has 0 spiro atoms. The lowest BCUT2D eigenvalue weighted by atomic mass is 10.1. The summed E-state index contributed by atoms with van der Waals surface area (Å²) >= 11 is 0. The van der Waals surface area contributed by atoms with Crippen molar-refractivity contribution in [3.05, 3.63) is 29.3 Å². The van der Waals surface area contributed by atoms with Gasteiger partial charge in [0.1, 0.15) is 5.75 Å². The van der Waals surface area contributed by atoms with Gasteiger partial charge in [0.2, 0.25) is 0 Å². The molecule has 1 aliphatic rings. The molecule has 0 saturated carbocycles. The molecule has 0 aromatic heterocycles. The van der Waals surface area contributed by atoms with E-state index >= 15 is 0 Å².